The number of ether oxygens (including phenoxy) is 2. The van der Waals surface area contributed by atoms with Crippen LogP contribution in [-0.2, 0) is 24.4 Å². The molecule has 0 heterocycles. The lowest BCUT2D eigenvalue weighted by Gasteiger charge is -2.22. The Bertz CT molecular complexity index is 672. The van der Waals surface area contributed by atoms with Crippen molar-refractivity contribution in [3.63, 3.8) is 0 Å². The highest BCUT2D eigenvalue weighted by molar-refractivity contribution is 14.0. The van der Waals surface area contributed by atoms with Gasteiger partial charge in [0.2, 0.25) is 0 Å². The van der Waals surface area contributed by atoms with E-state index in [1.165, 1.54) is 16.7 Å². The van der Waals surface area contributed by atoms with Crippen LogP contribution in [0, 0.1) is 0 Å². The number of nitrogens with one attached hydrogen (secondary N) is 1. The second-order valence-electron chi connectivity index (χ2n) is 5.85. The van der Waals surface area contributed by atoms with Crippen molar-refractivity contribution in [1.29, 1.82) is 0 Å². The molecular formula is C20H28IN3O2. The Hall–Kier alpha value is -1.80. The maximum atomic E-state index is 5.20. The predicted octanol–water partition coefficient (Wildman–Crippen LogP) is 3.67. The number of halogens is 1. The zero-order valence-electron chi connectivity index (χ0n) is 15.9. The summed E-state index contributed by atoms with van der Waals surface area (Å²) >= 11 is 0. The van der Waals surface area contributed by atoms with Gasteiger partial charge in [0.05, 0.1) is 13.7 Å². The molecule has 26 heavy (non-hydrogen) atoms. The molecule has 142 valence electrons. The Morgan fingerprint density at radius 2 is 1.54 bits per heavy atom. The van der Waals surface area contributed by atoms with Gasteiger partial charge in [0.1, 0.15) is 5.75 Å². The van der Waals surface area contributed by atoms with E-state index < -0.39 is 0 Å². The van der Waals surface area contributed by atoms with Crippen LogP contribution in [0.5, 0.6) is 5.75 Å². The van der Waals surface area contributed by atoms with Crippen molar-refractivity contribution in [1.82, 2.24) is 10.2 Å². The van der Waals surface area contributed by atoms with Crippen LogP contribution >= 0.6 is 24.0 Å². The number of methoxy groups -OCH3 is 2. The Balaban J connectivity index is 0.00000338. The normalized spacial score (nSPS) is 10.8. The smallest absolute Gasteiger partial charge is 0.193 e. The number of benzene rings is 2. The molecule has 6 heteroatoms. The summed E-state index contributed by atoms with van der Waals surface area (Å²) in [6, 6.07) is 16.5. The number of rotatable bonds is 7. The predicted molar refractivity (Wildman–Crippen MR) is 117 cm³/mol. The molecule has 0 spiro atoms. The van der Waals surface area contributed by atoms with E-state index in [0.29, 0.717) is 6.61 Å². The van der Waals surface area contributed by atoms with Crippen molar-refractivity contribution in [2.24, 2.45) is 4.99 Å². The molecule has 0 fully saturated rings. The first-order valence-electron chi connectivity index (χ1n) is 8.27. The second-order valence-corrected chi connectivity index (χ2v) is 5.85. The molecule has 0 amide bonds. The molecule has 0 aliphatic heterocycles. The average molecular weight is 469 g/mol. The van der Waals surface area contributed by atoms with E-state index in [1.54, 1.807) is 21.3 Å². The van der Waals surface area contributed by atoms with E-state index in [4.69, 9.17) is 9.47 Å². The monoisotopic (exact) mass is 469 g/mol. The third-order valence-electron chi connectivity index (χ3n) is 3.94. The highest BCUT2D eigenvalue weighted by atomic mass is 127. The van der Waals surface area contributed by atoms with Gasteiger partial charge in [-0.3, -0.25) is 4.99 Å². The summed E-state index contributed by atoms with van der Waals surface area (Å²) in [6.07, 6.45) is 0. The first-order chi connectivity index (χ1) is 12.2. The minimum absolute atomic E-state index is 0. The quantitative estimate of drug-likeness (QED) is 0.382. The van der Waals surface area contributed by atoms with Crippen molar-refractivity contribution in [3.8, 4) is 5.75 Å². The van der Waals surface area contributed by atoms with Crippen molar-refractivity contribution in [2.45, 2.75) is 19.7 Å². The molecule has 0 saturated carbocycles. The summed E-state index contributed by atoms with van der Waals surface area (Å²) in [7, 11) is 7.21. The van der Waals surface area contributed by atoms with Crippen LogP contribution in [0.15, 0.2) is 53.5 Å². The molecular weight excluding hydrogens is 441 g/mol. The molecule has 0 unspecified atom stereocenters. The van der Waals surface area contributed by atoms with Gasteiger partial charge in [-0.1, -0.05) is 36.4 Å². The molecule has 0 aliphatic carbocycles. The number of guanidine groups is 1. The van der Waals surface area contributed by atoms with Gasteiger partial charge in [-0.25, -0.2) is 0 Å². The van der Waals surface area contributed by atoms with Gasteiger partial charge < -0.3 is 19.7 Å². The Kier molecular flexibility index (Phi) is 10.0. The standard InChI is InChI=1S/C20H27N3O2.HI/c1-21-20(22-13-16-5-7-18(8-6-16)15-24-3)23(2)14-17-9-11-19(25-4)12-10-17;/h5-12H,13-15H2,1-4H3,(H,21,22);1H. The van der Waals surface area contributed by atoms with Gasteiger partial charge in [-0.15, -0.1) is 24.0 Å². The summed E-state index contributed by atoms with van der Waals surface area (Å²) in [6.45, 7) is 2.14. The van der Waals surface area contributed by atoms with Gasteiger partial charge in [-0.05, 0) is 28.8 Å². The molecule has 2 rings (SSSR count). The van der Waals surface area contributed by atoms with Gasteiger partial charge >= 0.3 is 0 Å². The van der Waals surface area contributed by atoms with Gasteiger partial charge in [-0.2, -0.15) is 0 Å². The van der Waals surface area contributed by atoms with Crippen molar-refractivity contribution >= 4 is 29.9 Å². The Labute approximate surface area is 173 Å². The first kappa shape index (κ1) is 22.2. The van der Waals surface area contributed by atoms with Gasteiger partial charge in [0.25, 0.3) is 0 Å². The minimum Gasteiger partial charge on any atom is -0.497 e. The molecule has 5 nitrogen and oxygen atoms in total. The maximum absolute atomic E-state index is 5.20. The van der Waals surface area contributed by atoms with E-state index in [2.05, 4.69) is 51.6 Å². The highest BCUT2D eigenvalue weighted by Crippen LogP contribution is 2.12. The van der Waals surface area contributed by atoms with E-state index in [9.17, 15) is 0 Å². The van der Waals surface area contributed by atoms with E-state index in [1.807, 2.05) is 19.2 Å². The third-order valence-corrected chi connectivity index (χ3v) is 3.94. The van der Waals surface area contributed by atoms with Crippen LogP contribution in [0.4, 0.5) is 0 Å². The SMILES string of the molecule is CN=C(NCc1ccc(COC)cc1)N(C)Cc1ccc(OC)cc1.I. The molecule has 2 aromatic carbocycles. The molecule has 0 saturated heterocycles. The summed E-state index contributed by atoms with van der Waals surface area (Å²) in [5.74, 6) is 1.72. The van der Waals surface area contributed by atoms with Crippen molar-refractivity contribution in [2.75, 3.05) is 28.3 Å². The van der Waals surface area contributed by atoms with Crippen LogP contribution in [0.1, 0.15) is 16.7 Å². The molecule has 0 bridgehead atoms. The molecule has 0 atom stereocenters. The Morgan fingerprint density at radius 1 is 0.962 bits per heavy atom. The minimum atomic E-state index is 0. The molecule has 1 N–H and O–H groups in total. The molecule has 2 aromatic rings. The second kappa shape index (κ2) is 11.7. The Morgan fingerprint density at radius 3 is 2.08 bits per heavy atom. The van der Waals surface area contributed by atoms with Crippen LogP contribution < -0.4 is 10.1 Å². The number of hydrogen-bond acceptors (Lipinski definition) is 3. The number of hydrogen-bond donors (Lipinski definition) is 1. The van der Waals surface area contributed by atoms with E-state index in [0.717, 1.165) is 24.8 Å². The molecule has 0 aliphatic rings. The summed E-state index contributed by atoms with van der Waals surface area (Å²) in [5.41, 5.74) is 3.58. The van der Waals surface area contributed by atoms with Crippen LogP contribution in [-0.4, -0.2) is 39.2 Å². The zero-order valence-corrected chi connectivity index (χ0v) is 18.2. The topological polar surface area (TPSA) is 46.1 Å². The zero-order chi connectivity index (χ0) is 18.1. The largest absolute Gasteiger partial charge is 0.497 e. The van der Waals surface area contributed by atoms with E-state index in [-0.39, 0.29) is 24.0 Å². The van der Waals surface area contributed by atoms with Crippen molar-refractivity contribution < 1.29 is 9.47 Å². The lowest BCUT2D eigenvalue weighted by atomic mass is 10.1. The lowest BCUT2D eigenvalue weighted by Crippen LogP contribution is -2.38. The number of aliphatic imine (C=N–C) groups is 1. The maximum Gasteiger partial charge on any atom is 0.193 e. The highest BCUT2D eigenvalue weighted by Gasteiger charge is 2.07. The summed E-state index contributed by atoms with van der Waals surface area (Å²) in [5, 5.41) is 3.40. The fourth-order valence-electron chi connectivity index (χ4n) is 2.57. The summed E-state index contributed by atoms with van der Waals surface area (Å²) in [4.78, 5) is 6.47. The van der Waals surface area contributed by atoms with Gasteiger partial charge in [0.15, 0.2) is 5.96 Å². The van der Waals surface area contributed by atoms with Crippen LogP contribution in [0.25, 0.3) is 0 Å². The van der Waals surface area contributed by atoms with Crippen molar-refractivity contribution in [3.05, 3.63) is 65.2 Å². The number of nitrogens with zero attached hydrogens (tertiary/aromatic N) is 2. The first-order valence-corrected chi connectivity index (χ1v) is 8.27. The van der Waals surface area contributed by atoms with Crippen LogP contribution in [0.3, 0.4) is 0 Å². The van der Waals surface area contributed by atoms with Gasteiger partial charge in [0, 0.05) is 34.3 Å². The lowest BCUT2D eigenvalue weighted by molar-refractivity contribution is 0.185. The summed E-state index contributed by atoms with van der Waals surface area (Å²) < 4.78 is 10.3. The molecule has 0 aromatic heterocycles. The van der Waals surface area contributed by atoms with E-state index >= 15 is 0 Å². The molecule has 0 radical (unpaired) electrons. The fraction of sp³-hybridized carbons (Fsp3) is 0.350. The fourth-order valence-corrected chi connectivity index (χ4v) is 2.57. The van der Waals surface area contributed by atoms with Crippen LogP contribution in [0.2, 0.25) is 0 Å². The average Bonchev–Trinajstić information content (AvgIpc) is 2.64. The third kappa shape index (κ3) is 6.84.